The van der Waals surface area contributed by atoms with Crippen LogP contribution in [0.5, 0.6) is 0 Å². The van der Waals surface area contributed by atoms with Crippen LogP contribution in [0.25, 0.3) is 0 Å². The van der Waals surface area contributed by atoms with Crippen LogP contribution in [0.4, 0.5) is 0 Å². The Bertz CT molecular complexity index is 241. The number of carbonyl (C=O) groups is 1. The summed E-state index contributed by atoms with van der Waals surface area (Å²) in [5.74, 6) is 0.289. The second kappa shape index (κ2) is 9.42. The first kappa shape index (κ1) is 16.4. The SMILES string of the molecule is CCCNC(=O)CSP(=S)(OCC)OCC. The molecule has 0 atom stereocenters. The molecular formula is C9H20NO3PS2. The summed E-state index contributed by atoms with van der Waals surface area (Å²) in [5, 5.41) is 2.79. The minimum absolute atomic E-state index is 0.0134. The zero-order valence-electron chi connectivity index (χ0n) is 10.0. The topological polar surface area (TPSA) is 47.6 Å². The molecule has 0 aliphatic heterocycles. The minimum atomic E-state index is -2.32. The molecule has 0 saturated carbocycles. The van der Waals surface area contributed by atoms with Gasteiger partial charge in [0, 0.05) is 6.54 Å². The van der Waals surface area contributed by atoms with Gasteiger partial charge in [-0.15, -0.1) is 0 Å². The lowest BCUT2D eigenvalue weighted by Gasteiger charge is -2.19. The molecule has 0 unspecified atom stereocenters. The molecule has 0 aromatic carbocycles. The first-order chi connectivity index (χ1) is 7.58. The van der Waals surface area contributed by atoms with Crippen LogP contribution in [-0.2, 0) is 25.6 Å². The standard InChI is InChI=1S/C9H20NO3PS2/c1-4-7-10-9(11)8-16-14(15,12-5-2)13-6-3/h4-8H2,1-3H3,(H,10,11). The average molecular weight is 285 g/mol. The Balaban J connectivity index is 4.01. The summed E-state index contributed by atoms with van der Waals surface area (Å²) >= 11 is 6.58. The van der Waals surface area contributed by atoms with E-state index in [9.17, 15) is 4.79 Å². The molecule has 0 aliphatic rings. The Morgan fingerprint density at radius 1 is 1.31 bits per heavy atom. The highest BCUT2D eigenvalue weighted by atomic mass is 32.9. The molecule has 7 heteroatoms. The Kier molecular flexibility index (Phi) is 9.65. The summed E-state index contributed by atoms with van der Waals surface area (Å²) in [4.78, 5) is 11.4. The lowest BCUT2D eigenvalue weighted by molar-refractivity contribution is -0.118. The molecule has 0 rings (SSSR count). The number of carbonyl (C=O) groups excluding carboxylic acids is 1. The van der Waals surface area contributed by atoms with Crippen LogP contribution in [0.2, 0.25) is 0 Å². The monoisotopic (exact) mass is 285 g/mol. The summed E-state index contributed by atoms with van der Waals surface area (Å²) in [6, 6.07) is 0. The Labute approximate surface area is 107 Å². The fraction of sp³-hybridized carbons (Fsp3) is 0.889. The van der Waals surface area contributed by atoms with E-state index in [1.165, 1.54) is 11.4 Å². The fourth-order valence-electron chi connectivity index (χ4n) is 0.881. The van der Waals surface area contributed by atoms with Gasteiger partial charge in [0.1, 0.15) is 0 Å². The van der Waals surface area contributed by atoms with Crippen molar-refractivity contribution in [2.24, 2.45) is 0 Å². The lowest BCUT2D eigenvalue weighted by Crippen LogP contribution is -2.25. The summed E-state index contributed by atoms with van der Waals surface area (Å²) in [7, 11) is 0. The average Bonchev–Trinajstić information content (AvgIpc) is 2.24. The summed E-state index contributed by atoms with van der Waals surface area (Å²) in [5.41, 5.74) is -2.32. The van der Waals surface area contributed by atoms with Crippen LogP contribution in [0.1, 0.15) is 27.2 Å². The second-order valence-electron chi connectivity index (χ2n) is 2.91. The Morgan fingerprint density at radius 2 is 1.88 bits per heavy atom. The van der Waals surface area contributed by atoms with Gasteiger partial charge in [0.25, 0.3) is 0 Å². The molecule has 0 aromatic heterocycles. The van der Waals surface area contributed by atoms with Crippen molar-refractivity contribution in [2.45, 2.75) is 27.2 Å². The van der Waals surface area contributed by atoms with Crippen LogP contribution < -0.4 is 5.32 Å². The van der Waals surface area contributed by atoms with Crippen molar-refractivity contribution >= 4 is 34.8 Å². The van der Waals surface area contributed by atoms with Gasteiger partial charge in [-0.1, -0.05) is 18.3 Å². The van der Waals surface area contributed by atoms with E-state index in [4.69, 9.17) is 20.9 Å². The van der Waals surface area contributed by atoms with Crippen molar-refractivity contribution in [2.75, 3.05) is 25.5 Å². The molecule has 0 radical (unpaired) electrons. The largest absolute Gasteiger partial charge is 0.355 e. The Hall–Kier alpha value is 0.390. The highest BCUT2D eigenvalue weighted by Crippen LogP contribution is 2.60. The summed E-state index contributed by atoms with van der Waals surface area (Å²) in [6.45, 7) is 7.49. The van der Waals surface area contributed by atoms with Gasteiger partial charge in [-0.3, -0.25) is 4.79 Å². The maximum atomic E-state index is 11.4. The van der Waals surface area contributed by atoms with Gasteiger partial charge in [0.2, 0.25) is 11.6 Å². The number of hydrogen-bond acceptors (Lipinski definition) is 5. The van der Waals surface area contributed by atoms with Gasteiger partial charge in [-0.05, 0) is 32.1 Å². The first-order valence-electron chi connectivity index (χ1n) is 5.38. The molecule has 0 bridgehead atoms. The van der Waals surface area contributed by atoms with Crippen LogP contribution in [0, 0.1) is 0 Å². The number of nitrogens with one attached hydrogen (secondary N) is 1. The van der Waals surface area contributed by atoms with Crippen molar-refractivity contribution in [1.82, 2.24) is 5.32 Å². The normalized spacial score (nSPS) is 11.4. The molecule has 0 fully saturated rings. The van der Waals surface area contributed by atoms with E-state index < -0.39 is 5.69 Å². The highest BCUT2D eigenvalue weighted by molar-refractivity contribution is 8.68. The zero-order valence-corrected chi connectivity index (χ0v) is 12.6. The molecule has 16 heavy (non-hydrogen) atoms. The maximum Gasteiger partial charge on any atom is 0.247 e. The third-order valence-electron chi connectivity index (χ3n) is 1.50. The van der Waals surface area contributed by atoms with Gasteiger partial charge in [0.05, 0.1) is 19.0 Å². The second-order valence-corrected chi connectivity index (χ2v) is 9.22. The molecule has 0 saturated heterocycles. The van der Waals surface area contributed by atoms with E-state index in [1.54, 1.807) is 0 Å². The lowest BCUT2D eigenvalue weighted by atomic mass is 10.5. The van der Waals surface area contributed by atoms with Crippen LogP contribution in [0.3, 0.4) is 0 Å². The summed E-state index contributed by atoms with van der Waals surface area (Å²) in [6.07, 6.45) is 0.932. The molecule has 1 amide bonds. The van der Waals surface area contributed by atoms with Gasteiger partial charge >= 0.3 is 0 Å². The number of hydrogen-bond donors (Lipinski definition) is 1. The fourth-order valence-corrected chi connectivity index (χ4v) is 5.13. The molecule has 0 aliphatic carbocycles. The zero-order chi connectivity index (χ0) is 12.4. The van der Waals surface area contributed by atoms with Crippen molar-refractivity contribution in [3.63, 3.8) is 0 Å². The molecular weight excluding hydrogens is 265 g/mol. The van der Waals surface area contributed by atoms with Crippen LogP contribution in [-0.4, -0.2) is 31.4 Å². The quantitative estimate of drug-likeness (QED) is 0.660. The summed E-state index contributed by atoms with van der Waals surface area (Å²) < 4.78 is 10.8. The van der Waals surface area contributed by atoms with E-state index in [0.717, 1.165) is 6.42 Å². The highest BCUT2D eigenvalue weighted by Gasteiger charge is 2.20. The van der Waals surface area contributed by atoms with Gasteiger partial charge in [-0.25, -0.2) is 0 Å². The molecule has 0 aromatic rings. The van der Waals surface area contributed by atoms with E-state index in [2.05, 4.69) is 5.32 Å². The predicted molar refractivity (Wildman–Crippen MR) is 73.3 cm³/mol. The number of amides is 1. The van der Waals surface area contributed by atoms with E-state index in [1.807, 2.05) is 20.8 Å². The van der Waals surface area contributed by atoms with Gasteiger partial charge in [-0.2, -0.15) is 0 Å². The third kappa shape index (κ3) is 7.63. The molecule has 1 N–H and O–H groups in total. The smallest absolute Gasteiger partial charge is 0.247 e. The van der Waals surface area contributed by atoms with Crippen molar-refractivity contribution < 1.29 is 13.8 Å². The van der Waals surface area contributed by atoms with Crippen LogP contribution >= 0.6 is 17.1 Å². The minimum Gasteiger partial charge on any atom is -0.355 e. The molecule has 4 nitrogen and oxygen atoms in total. The number of rotatable bonds is 9. The van der Waals surface area contributed by atoms with E-state index >= 15 is 0 Å². The molecule has 96 valence electrons. The molecule has 0 spiro atoms. The van der Waals surface area contributed by atoms with E-state index in [-0.39, 0.29) is 5.91 Å². The van der Waals surface area contributed by atoms with Crippen molar-refractivity contribution in [1.29, 1.82) is 0 Å². The van der Waals surface area contributed by atoms with Crippen LogP contribution in [0.15, 0.2) is 0 Å². The van der Waals surface area contributed by atoms with Gasteiger partial charge < -0.3 is 14.4 Å². The van der Waals surface area contributed by atoms with Crippen molar-refractivity contribution in [3.8, 4) is 0 Å². The van der Waals surface area contributed by atoms with Gasteiger partial charge in [0.15, 0.2) is 0 Å². The Morgan fingerprint density at radius 3 is 2.31 bits per heavy atom. The molecule has 0 heterocycles. The van der Waals surface area contributed by atoms with E-state index in [0.29, 0.717) is 25.5 Å². The predicted octanol–water partition coefficient (Wildman–Crippen LogP) is 2.54. The third-order valence-corrected chi connectivity index (χ3v) is 6.91. The maximum absolute atomic E-state index is 11.4. The van der Waals surface area contributed by atoms with Crippen molar-refractivity contribution in [3.05, 3.63) is 0 Å². The first-order valence-corrected chi connectivity index (χ1v) is 9.61.